The minimum Gasteiger partial charge on any atom is -0.451 e. The van der Waals surface area contributed by atoms with Crippen LogP contribution in [0.15, 0.2) is 58.0 Å². The van der Waals surface area contributed by atoms with E-state index in [4.69, 9.17) is 16.0 Å². The Morgan fingerprint density at radius 3 is 2.50 bits per heavy atom. The van der Waals surface area contributed by atoms with Gasteiger partial charge in [-0.3, -0.25) is 14.6 Å². The lowest BCUT2D eigenvalue weighted by Gasteiger charge is -2.35. The Labute approximate surface area is 154 Å². The van der Waals surface area contributed by atoms with Gasteiger partial charge in [0.2, 0.25) is 0 Å². The maximum absolute atomic E-state index is 12.7. The number of benzene rings is 1. The SMILES string of the molecule is O=C(c1cc(=O)c2cc(Cl)ccc2o1)N1CCN(c2ccncc2)CC1. The van der Waals surface area contributed by atoms with Crippen LogP contribution in [0.3, 0.4) is 0 Å². The molecule has 0 bridgehead atoms. The second-order valence-electron chi connectivity index (χ2n) is 6.10. The van der Waals surface area contributed by atoms with Gasteiger partial charge in [-0.05, 0) is 30.3 Å². The lowest BCUT2D eigenvalue weighted by Crippen LogP contribution is -2.48. The maximum atomic E-state index is 12.7. The highest BCUT2D eigenvalue weighted by molar-refractivity contribution is 6.31. The number of carbonyl (C=O) groups is 1. The van der Waals surface area contributed by atoms with Crippen molar-refractivity contribution in [2.75, 3.05) is 31.1 Å². The van der Waals surface area contributed by atoms with E-state index in [1.165, 1.54) is 6.07 Å². The predicted octanol–water partition coefficient (Wildman–Crippen LogP) is 2.80. The van der Waals surface area contributed by atoms with Crippen molar-refractivity contribution in [1.29, 1.82) is 0 Å². The summed E-state index contributed by atoms with van der Waals surface area (Å²) in [7, 11) is 0. The minimum absolute atomic E-state index is 0.0576. The molecule has 0 unspecified atom stereocenters. The van der Waals surface area contributed by atoms with Gasteiger partial charge in [-0.1, -0.05) is 11.6 Å². The number of rotatable bonds is 2. The number of anilines is 1. The fraction of sp³-hybridized carbons (Fsp3) is 0.211. The molecule has 3 heterocycles. The number of carbonyl (C=O) groups excluding carboxylic acids is 1. The quantitative estimate of drug-likeness (QED) is 0.695. The monoisotopic (exact) mass is 369 g/mol. The summed E-state index contributed by atoms with van der Waals surface area (Å²) in [6, 6.07) is 9.93. The van der Waals surface area contributed by atoms with Crippen LogP contribution in [-0.4, -0.2) is 42.0 Å². The van der Waals surface area contributed by atoms with Crippen molar-refractivity contribution in [3.63, 3.8) is 0 Å². The number of hydrogen-bond donors (Lipinski definition) is 0. The highest BCUT2D eigenvalue weighted by Gasteiger charge is 2.24. The summed E-state index contributed by atoms with van der Waals surface area (Å²) in [5.41, 5.74) is 1.18. The Balaban J connectivity index is 1.53. The van der Waals surface area contributed by atoms with Crippen LogP contribution in [0, 0.1) is 0 Å². The van der Waals surface area contributed by atoms with E-state index in [-0.39, 0.29) is 17.1 Å². The summed E-state index contributed by atoms with van der Waals surface area (Å²) >= 11 is 5.91. The number of fused-ring (bicyclic) bond motifs is 1. The number of piperazine rings is 1. The van der Waals surface area contributed by atoms with Crippen molar-refractivity contribution < 1.29 is 9.21 Å². The van der Waals surface area contributed by atoms with Crippen LogP contribution in [0.5, 0.6) is 0 Å². The Hall–Kier alpha value is -2.86. The molecule has 3 aromatic rings. The molecule has 1 fully saturated rings. The van der Waals surface area contributed by atoms with Gasteiger partial charge in [0, 0.05) is 55.3 Å². The Bertz CT molecular complexity index is 1010. The van der Waals surface area contributed by atoms with Crippen molar-refractivity contribution in [3.8, 4) is 0 Å². The average molecular weight is 370 g/mol. The number of pyridine rings is 1. The van der Waals surface area contributed by atoms with Crippen molar-refractivity contribution in [1.82, 2.24) is 9.88 Å². The molecule has 1 amide bonds. The van der Waals surface area contributed by atoms with Gasteiger partial charge in [0.1, 0.15) is 5.58 Å². The summed E-state index contributed by atoms with van der Waals surface area (Å²) in [6.45, 7) is 2.54. The van der Waals surface area contributed by atoms with Gasteiger partial charge < -0.3 is 14.2 Å². The first-order valence-corrected chi connectivity index (χ1v) is 8.67. The first-order valence-electron chi connectivity index (χ1n) is 8.29. The van der Waals surface area contributed by atoms with E-state index in [9.17, 15) is 9.59 Å². The summed E-state index contributed by atoms with van der Waals surface area (Å²) < 4.78 is 5.65. The number of halogens is 1. The molecule has 1 saturated heterocycles. The second kappa shape index (κ2) is 6.80. The van der Waals surface area contributed by atoms with Crippen molar-refractivity contribution in [2.24, 2.45) is 0 Å². The zero-order chi connectivity index (χ0) is 18.1. The summed E-state index contributed by atoms with van der Waals surface area (Å²) in [6.07, 6.45) is 3.51. The first-order chi connectivity index (χ1) is 12.6. The predicted molar refractivity (Wildman–Crippen MR) is 99.8 cm³/mol. The van der Waals surface area contributed by atoms with Crippen LogP contribution in [0.4, 0.5) is 5.69 Å². The Kier molecular flexibility index (Phi) is 4.34. The standard InChI is InChI=1S/C19H16ClN3O3/c20-13-1-2-17-15(11-13)16(24)12-18(26-17)19(25)23-9-7-22(8-10-23)14-3-5-21-6-4-14/h1-6,11-12H,7-10H2. The Morgan fingerprint density at radius 1 is 1.04 bits per heavy atom. The van der Waals surface area contributed by atoms with E-state index in [0.717, 1.165) is 5.69 Å². The van der Waals surface area contributed by atoms with Gasteiger partial charge >= 0.3 is 0 Å². The van der Waals surface area contributed by atoms with Gasteiger partial charge in [-0.2, -0.15) is 0 Å². The maximum Gasteiger partial charge on any atom is 0.289 e. The molecule has 26 heavy (non-hydrogen) atoms. The van der Waals surface area contributed by atoms with Crippen LogP contribution >= 0.6 is 11.6 Å². The number of hydrogen-bond acceptors (Lipinski definition) is 5. The third-order valence-corrected chi connectivity index (χ3v) is 4.73. The van der Waals surface area contributed by atoms with Gasteiger partial charge in [0.15, 0.2) is 11.2 Å². The summed E-state index contributed by atoms with van der Waals surface area (Å²) in [5, 5.41) is 0.827. The molecule has 132 valence electrons. The van der Waals surface area contributed by atoms with Gasteiger partial charge in [-0.25, -0.2) is 0 Å². The molecule has 1 aliphatic rings. The van der Waals surface area contributed by atoms with E-state index in [1.807, 2.05) is 12.1 Å². The molecule has 2 aromatic heterocycles. The number of aromatic nitrogens is 1. The van der Waals surface area contributed by atoms with Gasteiger partial charge in [-0.15, -0.1) is 0 Å². The topological polar surface area (TPSA) is 66.7 Å². The van der Waals surface area contributed by atoms with E-state index in [0.29, 0.717) is 42.2 Å². The normalized spacial score (nSPS) is 14.7. The lowest BCUT2D eigenvalue weighted by molar-refractivity contribution is 0.0715. The van der Waals surface area contributed by atoms with Crippen LogP contribution < -0.4 is 10.3 Å². The first kappa shape index (κ1) is 16.6. The van der Waals surface area contributed by atoms with Crippen molar-refractivity contribution >= 4 is 34.2 Å². The molecule has 0 atom stereocenters. The van der Waals surface area contributed by atoms with E-state index in [1.54, 1.807) is 35.5 Å². The second-order valence-corrected chi connectivity index (χ2v) is 6.54. The van der Waals surface area contributed by atoms with Crippen LogP contribution in [0.25, 0.3) is 11.0 Å². The smallest absolute Gasteiger partial charge is 0.289 e. The number of nitrogens with zero attached hydrogens (tertiary/aromatic N) is 3. The van der Waals surface area contributed by atoms with Gasteiger partial charge in [0.25, 0.3) is 5.91 Å². The highest BCUT2D eigenvalue weighted by Crippen LogP contribution is 2.20. The summed E-state index contributed by atoms with van der Waals surface area (Å²) in [4.78, 5) is 32.9. The fourth-order valence-electron chi connectivity index (χ4n) is 3.11. The molecule has 0 saturated carbocycles. The van der Waals surface area contributed by atoms with Crippen LogP contribution in [-0.2, 0) is 0 Å². The van der Waals surface area contributed by atoms with Crippen molar-refractivity contribution in [2.45, 2.75) is 0 Å². The molecule has 0 aliphatic carbocycles. The zero-order valence-electron chi connectivity index (χ0n) is 13.9. The molecule has 0 N–H and O–H groups in total. The average Bonchev–Trinajstić information content (AvgIpc) is 2.68. The molecule has 4 rings (SSSR count). The number of amides is 1. The lowest BCUT2D eigenvalue weighted by atomic mass is 10.2. The van der Waals surface area contributed by atoms with E-state index >= 15 is 0 Å². The molecule has 1 aromatic carbocycles. The minimum atomic E-state index is -0.271. The third-order valence-electron chi connectivity index (χ3n) is 4.49. The van der Waals surface area contributed by atoms with Crippen LogP contribution in [0.1, 0.15) is 10.6 Å². The van der Waals surface area contributed by atoms with Crippen LogP contribution in [0.2, 0.25) is 5.02 Å². The molecule has 0 radical (unpaired) electrons. The van der Waals surface area contributed by atoms with E-state index in [2.05, 4.69) is 9.88 Å². The molecular formula is C19H16ClN3O3. The zero-order valence-corrected chi connectivity index (χ0v) is 14.6. The Morgan fingerprint density at radius 2 is 1.77 bits per heavy atom. The molecular weight excluding hydrogens is 354 g/mol. The molecule has 7 heteroatoms. The summed E-state index contributed by atoms with van der Waals surface area (Å²) in [5.74, 6) is -0.212. The third kappa shape index (κ3) is 3.15. The highest BCUT2D eigenvalue weighted by atomic mass is 35.5. The molecule has 0 spiro atoms. The van der Waals surface area contributed by atoms with E-state index < -0.39 is 0 Å². The fourth-order valence-corrected chi connectivity index (χ4v) is 3.28. The van der Waals surface area contributed by atoms with Crippen molar-refractivity contribution in [3.05, 3.63) is 69.8 Å². The van der Waals surface area contributed by atoms with Gasteiger partial charge in [0.05, 0.1) is 5.39 Å². The molecule has 1 aliphatic heterocycles. The largest absolute Gasteiger partial charge is 0.451 e. The molecule has 6 nitrogen and oxygen atoms in total.